The van der Waals surface area contributed by atoms with Gasteiger partial charge < -0.3 is 9.32 Å². The average Bonchev–Trinajstić information content (AvgIpc) is 3.11. The van der Waals surface area contributed by atoms with Crippen LogP contribution < -0.4 is 0 Å². The number of alkyl halides is 3. The number of oxazole rings is 1. The number of amides is 1. The van der Waals surface area contributed by atoms with Gasteiger partial charge in [0.15, 0.2) is 17.8 Å². The summed E-state index contributed by atoms with van der Waals surface area (Å²) in [7, 11) is 0. The van der Waals surface area contributed by atoms with Crippen molar-refractivity contribution in [3.63, 3.8) is 0 Å². The Bertz CT molecular complexity index is 765. The van der Waals surface area contributed by atoms with Crippen LogP contribution in [0.25, 0.3) is 11.3 Å². The summed E-state index contributed by atoms with van der Waals surface area (Å²) in [6.45, 7) is 5.59. The molecule has 0 spiro atoms. The number of benzene rings is 1. The molecule has 0 bridgehead atoms. The molecule has 1 amide bonds. The fraction of sp³-hybridized carbons (Fsp3) is 0.444. The zero-order valence-corrected chi connectivity index (χ0v) is 14.4. The normalized spacial score (nSPS) is 16.1. The molecule has 1 aromatic heterocycles. The lowest BCUT2D eigenvalue weighted by molar-refractivity contribution is -0.137. The molecule has 1 aliphatic rings. The van der Waals surface area contributed by atoms with Crippen LogP contribution in [0.2, 0.25) is 0 Å². The van der Waals surface area contributed by atoms with Crippen molar-refractivity contribution < 1.29 is 22.4 Å². The molecule has 1 aromatic carbocycles. The van der Waals surface area contributed by atoms with E-state index >= 15 is 0 Å². The Kier molecular flexibility index (Phi) is 5.31. The number of nitrogens with zero attached hydrogens (tertiary/aromatic N) is 3. The zero-order chi connectivity index (χ0) is 18.7. The molecule has 0 radical (unpaired) electrons. The average molecular weight is 367 g/mol. The first-order valence-corrected chi connectivity index (χ1v) is 8.53. The van der Waals surface area contributed by atoms with Crippen molar-refractivity contribution in [2.75, 3.05) is 32.7 Å². The van der Waals surface area contributed by atoms with E-state index in [1.54, 1.807) is 4.90 Å². The number of hydrogen-bond acceptors (Lipinski definition) is 4. The second-order valence-electron chi connectivity index (χ2n) is 6.21. The van der Waals surface area contributed by atoms with E-state index in [0.717, 1.165) is 38.5 Å². The van der Waals surface area contributed by atoms with Gasteiger partial charge in [-0.2, -0.15) is 13.2 Å². The van der Waals surface area contributed by atoms with E-state index in [1.807, 2.05) is 0 Å². The molecule has 8 heteroatoms. The first-order valence-electron chi connectivity index (χ1n) is 8.53. The molecule has 0 saturated carbocycles. The van der Waals surface area contributed by atoms with E-state index in [0.29, 0.717) is 13.1 Å². The maximum Gasteiger partial charge on any atom is 0.417 e. The summed E-state index contributed by atoms with van der Waals surface area (Å²) in [5.74, 6) is -0.541. The van der Waals surface area contributed by atoms with Crippen molar-refractivity contribution >= 4 is 5.91 Å². The molecule has 2 aromatic rings. The highest BCUT2D eigenvalue weighted by Crippen LogP contribution is 2.38. The Morgan fingerprint density at radius 1 is 1.19 bits per heavy atom. The number of hydrogen-bond donors (Lipinski definition) is 0. The van der Waals surface area contributed by atoms with Crippen molar-refractivity contribution in [2.24, 2.45) is 0 Å². The second-order valence-corrected chi connectivity index (χ2v) is 6.21. The summed E-state index contributed by atoms with van der Waals surface area (Å²) < 4.78 is 45.0. The molecular weight excluding hydrogens is 347 g/mol. The maximum atomic E-state index is 13.3. The SMILES string of the molecule is CCCN1CCN(C(=O)c2ncoc2-c2ccccc2C(F)(F)F)CC1. The summed E-state index contributed by atoms with van der Waals surface area (Å²) in [6, 6.07) is 5.04. The van der Waals surface area contributed by atoms with Crippen LogP contribution in [0, 0.1) is 0 Å². The van der Waals surface area contributed by atoms with Gasteiger partial charge in [-0.1, -0.05) is 25.1 Å². The second kappa shape index (κ2) is 7.49. The molecule has 5 nitrogen and oxygen atoms in total. The van der Waals surface area contributed by atoms with Gasteiger partial charge in [0.2, 0.25) is 0 Å². The third kappa shape index (κ3) is 3.75. The van der Waals surface area contributed by atoms with Crippen LogP contribution in [0.1, 0.15) is 29.4 Å². The first kappa shape index (κ1) is 18.4. The van der Waals surface area contributed by atoms with Gasteiger partial charge in [0, 0.05) is 31.7 Å². The lowest BCUT2D eigenvalue weighted by Crippen LogP contribution is -2.48. The lowest BCUT2D eigenvalue weighted by Gasteiger charge is -2.34. The predicted molar refractivity (Wildman–Crippen MR) is 89.6 cm³/mol. The molecular formula is C18H20F3N3O2. The Hall–Kier alpha value is -2.35. The molecule has 140 valence electrons. The van der Waals surface area contributed by atoms with Crippen molar-refractivity contribution in [1.82, 2.24) is 14.8 Å². The van der Waals surface area contributed by atoms with Gasteiger partial charge in [0.05, 0.1) is 5.56 Å². The van der Waals surface area contributed by atoms with Gasteiger partial charge in [0.1, 0.15) is 0 Å². The molecule has 0 N–H and O–H groups in total. The van der Waals surface area contributed by atoms with Crippen LogP contribution >= 0.6 is 0 Å². The summed E-state index contributed by atoms with van der Waals surface area (Å²) in [4.78, 5) is 20.6. The maximum absolute atomic E-state index is 13.3. The standard InChI is InChI=1S/C18H20F3N3O2/c1-2-7-23-8-10-24(11-9-23)17(25)15-16(26-12-22-15)13-5-3-4-6-14(13)18(19,20)21/h3-6,12H,2,7-11H2,1H3. The van der Waals surface area contributed by atoms with Crippen molar-refractivity contribution in [3.05, 3.63) is 41.9 Å². The minimum atomic E-state index is -4.55. The van der Waals surface area contributed by atoms with Gasteiger partial charge in [0.25, 0.3) is 5.91 Å². The zero-order valence-electron chi connectivity index (χ0n) is 14.4. The molecule has 1 fully saturated rings. The van der Waals surface area contributed by atoms with Crippen LogP contribution in [0.4, 0.5) is 13.2 Å². The smallest absolute Gasteiger partial charge is 0.417 e. The van der Waals surface area contributed by atoms with E-state index in [-0.39, 0.29) is 17.0 Å². The molecule has 0 unspecified atom stereocenters. The monoisotopic (exact) mass is 367 g/mol. The predicted octanol–water partition coefficient (Wildman–Crippen LogP) is 3.53. The van der Waals surface area contributed by atoms with Crippen molar-refractivity contribution in [2.45, 2.75) is 19.5 Å². The van der Waals surface area contributed by atoms with Crippen molar-refractivity contribution in [3.8, 4) is 11.3 Å². The van der Waals surface area contributed by atoms with Gasteiger partial charge in [-0.25, -0.2) is 4.98 Å². The van der Waals surface area contributed by atoms with Crippen molar-refractivity contribution in [1.29, 1.82) is 0 Å². The molecule has 1 aliphatic heterocycles. The highest BCUT2D eigenvalue weighted by molar-refractivity contribution is 5.98. The molecule has 26 heavy (non-hydrogen) atoms. The molecule has 0 aliphatic carbocycles. The summed E-state index contributed by atoms with van der Waals surface area (Å²) in [5, 5.41) is 0. The van der Waals surface area contributed by atoms with E-state index in [1.165, 1.54) is 18.2 Å². The number of carbonyl (C=O) groups excluding carboxylic acids is 1. The molecule has 3 rings (SSSR count). The largest absolute Gasteiger partial charge is 0.443 e. The summed E-state index contributed by atoms with van der Waals surface area (Å²) in [6.07, 6.45) is -2.49. The Labute approximate surface area is 149 Å². The van der Waals surface area contributed by atoms with E-state index in [2.05, 4.69) is 16.8 Å². The first-order chi connectivity index (χ1) is 12.4. The van der Waals surface area contributed by atoms with Gasteiger partial charge in [-0.3, -0.25) is 9.69 Å². The molecule has 2 heterocycles. The molecule has 1 saturated heterocycles. The van der Waals surface area contributed by atoms with E-state index in [9.17, 15) is 18.0 Å². The summed E-state index contributed by atoms with van der Waals surface area (Å²) >= 11 is 0. The minimum absolute atomic E-state index is 0.0781. The number of carbonyl (C=O) groups is 1. The van der Waals surface area contributed by atoms with Gasteiger partial charge in [-0.15, -0.1) is 0 Å². The number of halogens is 3. The Morgan fingerprint density at radius 2 is 1.88 bits per heavy atom. The fourth-order valence-corrected chi connectivity index (χ4v) is 3.16. The number of piperazine rings is 1. The lowest BCUT2D eigenvalue weighted by atomic mass is 10.0. The minimum Gasteiger partial charge on any atom is -0.443 e. The topological polar surface area (TPSA) is 49.6 Å². The number of aromatic nitrogens is 1. The van der Waals surface area contributed by atoms with Crippen LogP contribution in [0.15, 0.2) is 35.1 Å². The Balaban J connectivity index is 1.85. The highest BCUT2D eigenvalue weighted by Gasteiger charge is 2.36. The summed E-state index contributed by atoms with van der Waals surface area (Å²) in [5.41, 5.74) is -1.10. The van der Waals surface area contributed by atoms with E-state index < -0.39 is 17.6 Å². The van der Waals surface area contributed by atoms with Crippen LogP contribution in [0.3, 0.4) is 0 Å². The third-order valence-electron chi connectivity index (χ3n) is 4.45. The van der Waals surface area contributed by atoms with Crippen LogP contribution in [0.5, 0.6) is 0 Å². The van der Waals surface area contributed by atoms with Gasteiger partial charge in [-0.05, 0) is 19.0 Å². The number of rotatable bonds is 4. The van der Waals surface area contributed by atoms with Crippen LogP contribution in [-0.2, 0) is 6.18 Å². The Morgan fingerprint density at radius 3 is 2.54 bits per heavy atom. The third-order valence-corrected chi connectivity index (χ3v) is 4.45. The fourth-order valence-electron chi connectivity index (χ4n) is 3.16. The van der Waals surface area contributed by atoms with Crippen LogP contribution in [-0.4, -0.2) is 53.4 Å². The molecule has 0 atom stereocenters. The quantitative estimate of drug-likeness (QED) is 0.830. The van der Waals surface area contributed by atoms with Gasteiger partial charge >= 0.3 is 6.18 Å². The van der Waals surface area contributed by atoms with E-state index in [4.69, 9.17) is 4.42 Å². The highest BCUT2D eigenvalue weighted by atomic mass is 19.4.